The zero-order valence-corrected chi connectivity index (χ0v) is 14.1. The highest BCUT2D eigenvalue weighted by atomic mass is 16.5. The molecule has 0 aliphatic rings. The highest BCUT2D eigenvalue weighted by Crippen LogP contribution is 2.10. The maximum absolute atomic E-state index is 12.7. The van der Waals surface area contributed by atoms with Crippen molar-refractivity contribution in [2.75, 3.05) is 19.7 Å². The van der Waals surface area contributed by atoms with Crippen molar-refractivity contribution in [1.29, 1.82) is 0 Å². The van der Waals surface area contributed by atoms with E-state index in [0.717, 1.165) is 0 Å². The first kappa shape index (κ1) is 18.1. The quantitative estimate of drug-likeness (QED) is 0.727. The molecule has 1 amide bonds. The molecule has 0 spiro atoms. The first-order valence-electron chi connectivity index (χ1n) is 7.78. The molecule has 0 saturated carbocycles. The second kappa shape index (κ2) is 8.51. The van der Waals surface area contributed by atoms with Gasteiger partial charge in [0, 0.05) is 13.1 Å². The number of carbonyl (C=O) groups is 2. The normalized spacial score (nSPS) is 10.9. The first-order chi connectivity index (χ1) is 10.3. The van der Waals surface area contributed by atoms with E-state index in [2.05, 4.69) is 32.7 Å². The number of pyridine rings is 1. The minimum absolute atomic E-state index is 0.145. The minimum atomic E-state index is -0.503. The molecule has 0 fully saturated rings. The summed E-state index contributed by atoms with van der Waals surface area (Å²) in [6.07, 6.45) is 0. The molecule has 0 radical (unpaired) electrons. The number of hydrogen-bond donors (Lipinski definition) is 0. The Kier molecular flexibility index (Phi) is 7.02. The topological polar surface area (TPSA) is 59.5 Å². The minimum Gasteiger partial charge on any atom is -0.461 e. The molecule has 0 atom stereocenters. The fourth-order valence-electron chi connectivity index (χ4n) is 2.16. The van der Waals surface area contributed by atoms with Crippen LogP contribution in [0.1, 0.15) is 55.6 Å². The first-order valence-corrected chi connectivity index (χ1v) is 7.78. The van der Waals surface area contributed by atoms with Crippen LogP contribution in [0.4, 0.5) is 0 Å². The maximum atomic E-state index is 12.7. The molecule has 5 heteroatoms. The van der Waals surface area contributed by atoms with Gasteiger partial charge in [0.2, 0.25) is 0 Å². The number of amides is 1. The van der Waals surface area contributed by atoms with Gasteiger partial charge in [-0.25, -0.2) is 9.78 Å². The predicted octanol–water partition coefficient (Wildman–Crippen LogP) is 3.01. The lowest BCUT2D eigenvalue weighted by Gasteiger charge is -2.26. The predicted molar refractivity (Wildman–Crippen MR) is 85.8 cm³/mol. The Morgan fingerprint density at radius 3 is 2.14 bits per heavy atom. The fraction of sp³-hybridized carbons (Fsp3) is 0.588. The van der Waals surface area contributed by atoms with Crippen LogP contribution in [0.25, 0.3) is 0 Å². The van der Waals surface area contributed by atoms with E-state index < -0.39 is 5.97 Å². The van der Waals surface area contributed by atoms with E-state index in [4.69, 9.17) is 4.74 Å². The average molecular weight is 306 g/mol. The molecular weight excluding hydrogens is 280 g/mol. The maximum Gasteiger partial charge on any atom is 0.356 e. The monoisotopic (exact) mass is 306 g/mol. The highest BCUT2D eigenvalue weighted by molar-refractivity contribution is 5.94. The molecule has 0 aliphatic heterocycles. The lowest BCUT2D eigenvalue weighted by molar-refractivity contribution is 0.0519. The number of aromatic nitrogens is 1. The van der Waals surface area contributed by atoms with Crippen molar-refractivity contribution in [2.24, 2.45) is 11.8 Å². The third-order valence-electron chi connectivity index (χ3n) is 2.91. The number of esters is 1. The van der Waals surface area contributed by atoms with Crippen molar-refractivity contribution in [2.45, 2.75) is 34.6 Å². The van der Waals surface area contributed by atoms with Gasteiger partial charge in [0.15, 0.2) is 0 Å². The van der Waals surface area contributed by atoms with Crippen LogP contribution in [-0.4, -0.2) is 41.5 Å². The molecule has 1 heterocycles. The Labute approximate surface area is 132 Å². The number of carbonyl (C=O) groups excluding carboxylic acids is 2. The van der Waals surface area contributed by atoms with Crippen LogP contribution in [0, 0.1) is 11.8 Å². The van der Waals surface area contributed by atoms with Gasteiger partial charge < -0.3 is 9.64 Å². The van der Waals surface area contributed by atoms with E-state index in [1.54, 1.807) is 30.0 Å². The Morgan fingerprint density at radius 2 is 1.64 bits per heavy atom. The zero-order chi connectivity index (χ0) is 16.7. The van der Waals surface area contributed by atoms with Crippen molar-refractivity contribution >= 4 is 11.9 Å². The van der Waals surface area contributed by atoms with Crippen molar-refractivity contribution < 1.29 is 14.3 Å². The summed E-state index contributed by atoms with van der Waals surface area (Å²) in [5.74, 6) is 0.0943. The van der Waals surface area contributed by atoms with E-state index >= 15 is 0 Å². The summed E-state index contributed by atoms with van der Waals surface area (Å²) in [4.78, 5) is 30.4. The third kappa shape index (κ3) is 5.47. The molecule has 0 aliphatic carbocycles. The summed E-state index contributed by atoms with van der Waals surface area (Å²) in [7, 11) is 0. The van der Waals surface area contributed by atoms with Crippen LogP contribution in [0.2, 0.25) is 0 Å². The third-order valence-corrected chi connectivity index (χ3v) is 2.91. The van der Waals surface area contributed by atoms with Crippen LogP contribution >= 0.6 is 0 Å². The van der Waals surface area contributed by atoms with Crippen molar-refractivity contribution in [3.05, 3.63) is 29.6 Å². The molecule has 22 heavy (non-hydrogen) atoms. The largest absolute Gasteiger partial charge is 0.461 e. The summed E-state index contributed by atoms with van der Waals surface area (Å²) < 4.78 is 4.93. The van der Waals surface area contributed by atoms with Crippen LogP contribution in [-0.2, 0) is 4.74 Å². The van der Waals surface area contributed by atoms with Crippen molar-refractivity contribution in [3.63, 3.8) is 0 Å². The molecule has 0 bridgehead atoms. The van der Waals surface area contributed by atoms with Gasteiger partial charge in [0.1, 0.15) is 11.4 Å². The second-order valence-electron chi connectivity index (χ2n) is 6.13. The van der Waals surface area contributed by atoms with Crippen molar-refractivity contribution in [3.8, 4) is 0 Å². The summed E-state index contributed by atoms with van der Waals surface area (Å²) in [6.45, 7) is 11.6. The van der Waals surface area contributed by atoms with E-state index in [-0.39, 0.29) is 23.9 Å². The summed E-state index contributed by atoms with van der Waals surface area (Å²) in [6, 6.07) is 4.86. The van der Waals surface area contributed by atoms with E-state index in [1.165, 1.54) is 0 Å². The molecule has 5 nitrogen and oxygen atoms in total. The van der Waals surface area contributed by atoms with Gasteiger partial charge in [-0.05, 0) is 30.9 Å². The van der Waals surface area contributed by atoms with Gasteiger partial charge in [-0.15, -0.1) is 0 Å². The smallest absolute Gasteiger partial charge is 0.356 e. The number of ether oxygens (including phenoxy) is 1. The lowest BCUT2D eigenvalue weighted by atomic mass is 10.1. The van der Waals surface area contributed by atoms with E-state index in [1.807, 2.05) is 0 Å². The Morgan fingerprint density at radius 1 is 1.09 bits per heavy atom. The summed E-state index contributed by atoms with van der Waals surface area (Å²) in [5, 5.41) is 0. The Bertz CT molecular complexity index is 502. The van der Waals surface area contributed by atoms with Gasteiger partial charge >= 0.3 is 5.97 Å². The van der Waals surface area contributed by atoms with Crippen molar-refractivity contribution in [1.82, 2.24) is 9.88 Å². The molecule has 0 unspecified atom stereocenters. The Hall–Kier alpha value is -1.91. The van der Waals surface area contributed by atoms with Gasteiger partial charge in [0.25, 0.3) is 5.91 Å². The summed E-state index contributed by atoms with van der Waals surface area (Å²) >= 11 is 0. The lowest BCUT2D eigenvalue weighted by Crippen LogP contribution is -2.37. The molecule has 0 aromatic carbocycles. The molecule has 1 rings (SSSR count). The number of nitrogens with zero attached hydrogens (tertiary/aromatic N) is 2. The van der Waals surface area contributed by atoms with Gasteiger partial charge in [0.05, 0.1) is 6.61 Å². The zero-order valence-electron chi connectivity index (χ0n) is 14.1. The van der Waals surface area contributed by atoms with Crippen LogP contribution in [0.15, 0.2) is 18.2 Å². The van der Waals surface area contributed by atoms with Gasteiger partial charge in [-0.2, -0.15) is 0 Å². The molecule has 122 valence electrons. The average Bonchev–Trinajstić information content (AvgIpc) is 2.45. The van der Waals surface area contributed by atoms with Crippen LogP contribution in [0.3, 0.4) is 0 Å². The number of hydrogen-bond acceptors (Lipinski definition) is 4. The molecular formula is C17H26N2O3. The molecule has 0 N–H and O–H groups in total. The van der Waals surface area contributed by atoms with Crippen LogP contribution < -0.4 is 0 Å². The van der Waals surface area contributed by atoms with Gasteiger partial charge in [-0.1, -0.05) is 33.8 Å². The second-order valence-corrected chi connectivity index (χ2v) is 6.13. The SMILES string of the molecule is CCOC(=O)c1cccc(C(=O)N(CC(C)C)CC(C)C)n1. The molecule has 1 aromatic rings. The van der Waals surface area contributed by atoms with E-state index in [0.29, 0.717) is 24.9 Å². The number of rotatable bonds is 7. The fourth-order valence-corrected chi connectivity index (χ4v) is 2.16. The molecule has 0 saturated heterocycles. The highest BCUT2D eigenvalue weighted by Gasteiger charge is 2.20. The van der Waals surface area contributed by atoms with E-state index in [9.17, 15) is 9.59 Å². The standard InChI is InChI=1S/C17H26N2O3/c1-6-22-17(21)15-9-7-8-14(18-15)16(20)19(10-12(2)3)11-13(4)5/h7-9,12-13H,6,10-11H2,1-5H3. The molecule has 1 aromatic heterocycles. The van der Waals surface area contributed by atoms with Gasteiger partial charge in [-0.3, -0.25) is 4.79 Å². The van der Waals surface area contributed by atoms with Crippen LogP contribution in [0.5, 0.6) is 0 Å². The summed E-state index contributed by atoms with van der Waals surface area (Å²) in [5.41, 5.74) is 0.452. The Balaban J connectivity index is 2.98.